The molecule has 0 N–H and O–H groups in total. The molecule has 1 aromatic carbocycles. The number of aryl methyl sites for hydroxylation is 1. The molecule has 0 amide bonds. The number of hydrogen-bond acceptors (Lipinski definition) is 2. The minimum Gasteiger partial charge on any atom is -0.352 e. The Kier molecular flexibility index (Phi) is 7.74. The van der Waals surface area contributed by atoms with E-state index < -0.39 is 17.5 Å². The summed E-state index contributed by atoms with van der Waals surface area (Å²) in [6.07, 6.45) is 13.9. The lowest BCUT2D eigenvalue weighted by molar-refractivity contribution is -0.230. The predicted octanol–water partition coefficient (Wildman–Crippen LogP) is 6.80. The molecule has 3 aliphatic rings. The number of rotatable bonds is 7. The Morgan fingerprint density at radius 3 is 1.90 bits per heavy atom. The van der Waals surface area contributed by atoms with Crippen molar-refractivity contribution in [3.05, 3.63) is 35.1 Å². The van der Waals surface area contributed by atoms with Crippen LogP contribution in [0.4, 0.5) is 13.2 Å². The van der Waals surface area contributed by atoms with Gasteiger partial charge >= 0.3 is 0 Å². The Hall–Kier alpha value is -1.07. The zero-order valence-corrected chi connectivity index (χ0v) is 17.9. The van der Waals surface area contributed by atoms with Crippen molar-refractivity contribution < 1.29 is 22.6 Å². The summed E-state index contributed by atoms with van der Waals surface area (Å²) < 4.78 is 52.1. The van der Waals surface area contributed by atoms with Gasteiger partial charge in [-0.25, -0.2) is 13.2 Å². The van der Waals surface area contributed by atoms with Crippen LogP contribution in [-0.2, 0) is 15.9 Å². The molecular formula is C25H35F3O2. The molecule has 2 nitrogen and oxygen atoms in total. The summed E-state index contributed by atoms with van der Waals surface area (Å²) in [4.78, 5) is 0. The Morgan fingerprint density at radius 2 is 1.27 bits per heavy atom. The highest BCUT2D eigenvalue weighted by molar-refractivity contribution is 5.19. The lowest BCUT2D eigenvalue weighted by Crippen LogP contribution is -2.38. The van der Waals surface area contributed by atoms with E-state index in [0.717, 1.165) is 63.4 Å². The largest absolute Gasteiger partial charge is 0.352 e. The van der Waals surface area contributed by atoms with E-state index in [1.54, 1.807) is 0 Å². The molecule has 30 heavy (non-hydrogen) atoms. The molecule has 0 bridgehead atoms. The van der Waals surface area contributed by atoms with Crippen LogP contribution in [0.5, 0.6) is 0 Å². The van der Waals surface area contributed by atoms with Crippen molar-refractivity contribution in [3.8, 4) is 0 Å². The van der Waals surface area contributed by atoms with Crippen molar-refractivity contribution in [1.29, 1.82) is 0 Å². The molecule has 0 atom stereocenters. The van der Waals surface area contributed by atoms with Gasteiger partial charge in [-0.15, -0.1) is 0 Å². The van der Waals surface area contributed by atoms with Crippen LogP contribution in [0.3, 0.4) is 0 Å². The second kappa shape index (κ2) is 10.5. The quantitative estimate of drug-likeness (QED) is 0.448. The molecule has 4 rings (SSSR count). The van der Waals surface area contributed by atoms with Crippen molar-refractivity contribution in [3.63, 3.8) is 0 Å². The standard InChI is InChI=1S/C25H35F3O2/c26-22-13-19(14-23(27)24(22)28)7-5-18-9-11-21(12-10-18)25-29-15-20(16-30-25)8-6-17-3-1-2-4-17/h13-14,17-18,20-21,25H,1-12,15-16H2/t18?,20-,21?,25-. The van der Waals surface area contributed by atoms with Gasteiger partial charge in [-0.3, -0.25) is 0 Å². The second-order valence-electron chi connectivity index (χ2n) is 9.82. The third-order valence-electron chi connectivity index (χ3n) is 7.61. The average molecular weight is 425 g/mol. The summed E-state index contributed by atoms with van der Waals surface area (Å²) in [5.41, 5.74) is 0.538. The van der Waals surface area contributed by atoms with Crippen molar-refractivity contribution in [2.24, 2.45) is 23.7 Å². The molecular weight excluding hydrogens is 389 g/mol. The minimum atomic E-state index is -1.38. The summed E-state index contributed by atoms with van der Waals surface area (Å²) in [6.45, 7) is 1.66. The van der Waals surface area contributed by atoms with E-state index in [-0.39, 0.29) is 6.29 Å². The zero-order chi connectivity index (χ0) is 20.9. The molecule has 0 spiro atoms. The van der Waals surface area contributed by atoms with Gasteiger partial charge in [-0.1, -0.05) is 32.1 Å². The van der Waals surface area contributed by atoms with Crippen molar-refractivity contribution in [2.75, 3.05) is 13.2 Å². The lowest BCUT2D eigenvalue weighted by atomic mass is 9.79. The molecule has 0 radical (unpaired) electrons. The number of halogens is 3. The highest BCUT2D eigenvalue weighted by Gasteiger charge is 2.32. The fourth-order valence-corrected chi connectivity index (χ4v) is 5.64. The van der Waals surface area contributed by atoms with Crippen LogP contribution in [0.15, 0.2) is 12.1 Å². The molecule has 1 heterocycles. The van der Waals surface area contributed by atoms with E-state index in [1.165, 1.54) is 38.5 Å². The molecule has 3 fully saturated rings. The zero-order valence-electron chi connectivity index (χ0n) is 17.9. The number of hydrogen-bond donors (Lipinski definition) is 0. The first kappa shape index (κ1) is 22.1. The van der Waals surface area contributed by atoms with Crippen LogP contribution in [0.2, 0.25) is 0 Å². The maximum atomic E-state index is 13.4. The first-order chi connectivity index (χ1) is 14.6. The SMILES string of the molecule is Fc1cc(CCC2CCC([C@H]3OC[C@H](CCC4CCCC4)CO3)CC2)cc(F)c1F. The lowest BCUT2D eigenvalue weighted by Gasteiger charge is -2.38. The third-order valence-corrected chi connectivity index (χ3v) is 7.61. The number of ether oxygens (including phenoxy) is 2. The molecule has 1 aromatic rings. The van der Waals surface area contributed by atoms with Gasteiger partial charge in [0.25, 0.3) is 0 Å². The van der Waals surface area contributed by atoms with Gasteiger partial charge in [0.1, 0.15) is 0 Å². The van der Waals surface area contributed by atoms with Crippen LogP contribution >= 0.6 is 0 Å². The first-order valence-corrected chi connectivity index (χ1v) is 11.9. The third kappa shape index (κ3) is 5.79. The van der Waals surface area contributed by atoms with Crippen molar-refractivity contribution in [1.82, 2.24) is 0 Å². The van der Waals surface area contributed by atoms with Crippen LogP contribution < -0.4 is 0 Å². The summed E-state index contributed by atoms with van der Waals surface area (Å²) in [5.74, 6) is -1.09. The molecule has 5 heteroatoms. The molecule has 1 saturated heterocycles. The average Bonchev–Trinajstić information content (AvgIpc) is 3.29. The Bertz CT molecular complexity index is 650. The van der Waals surface area contributed by atoms with E-state index in [1.807, 2.05) is 0 Å². The van der Waals surface area contributed by atoms with Gasteiger partial charge in [0.15, 0.2) is 23.7 Å². The molecule has 168 valence electrons. The molecule has 2 aliphatic carbocycles. The van der Waals surface area contributed by atoms with Gasteiger partial charge in [0.2, 0.25) is 0 Å². The van der Waals surface area contributed by atoms with Crippen molar-refractivity contribution in [2.45, 2.75) is 83.3 Å². The Labute approximate surface area is 178 Å². The highest BCUT2D eigenvalue weighted by Crippen LogP contribution is 2.37. The highest BCUT2D eigenvalue weighted by atomic mass is 19.2. The summed E-state index contributed by atoms with van der Waals surface area (Å²) in [6, 6.07) is 2.24. The van der Waals surface area contributed by atoms with Gasteiger partial charge in [-0.05, 0) is 74.5 Å². The van der Waals surface area contributed by atoms with Crippen LogP contribution in [0.25, 0.3) is 0 Å². The Morgan fingerprint density at radius 1 is 0.700 bits per heavy atom. The van der Waals surface area contributed by atoms with E-state index in [9.17, 15) is 13.2 Å². The van der Waals surface area contributed by atoms with Gasteiger partial charge in [0.05, 0.1) is 13.2 Å². The van der Waals surface area contributed by atoms with Crippen molar-refractivity contribution >= 4 is 0 Å². The fraction of sp³-hybridized carbons (Fsp3) is 0.760. The van der Waals surface area contributed by atoms with Gasteiger partial charge in [0, 0.05) is 11.8 Å². The summed E-state index contributed by atoms with van der Waals surface area (Å²) in [7, 11) is 0. The summed E-state index contributed by atoms with van der Waals surface area (Å²) >= 11 is 0. The second-order valence-corrected chi connectivity index (χ2v) is 9.82. The first-order valence-electron chi connectivity index (χ1n) is 11.9. The van der Waals surface area contributed by atoms with Gasteiger partial charge in [-0.2, -0.15) is 0 Å². The van der Waals surface area contributed by atoms with E-state index >= 15 is 0 Å². The normalized spacial score (nSPS) is 30.6. The van der Waals surface area contributed by atoms with Gasteiger partial charge < -0.3 is 9.47 Å². The van der Waals surface area contributed by atoms with Crippen LogP contribution in [-0.4, -0.2) is 19.5 Å². The van der Waals surface area contributed by atoms with Crippen LogP contribution in [0, 0.1) is 41.1 Å². The van der Waals surface area contributed by atoms with E-state index in [2.05, 4.69) is 0 Å². The Balaban J connectivity index is 1.14. The van der Waals surface area contributed by atoms with Crippen LogP contribution in [0.1, 0.15) is 76.2 Å². The predicted molar refractivity (Wildman–Crippen MR) is 110 cm³/mol. The topological polar surface area (TPSA) is 18.5 Å². The molecule has 1 aliphatic heterocycles. The minimum absolute atomic E-state index is 0.0611. The molecule has 0 unspecified atom stereocenters. The van der Waals surface area contributed by atoms with E-state index in [0.29, 0.717) is 29.7 Å². The fourth-order valence-electron chi connectivity index (χ4n) is 5.64. The monoisotopic (exact) mass is 424 g/mol. The van der Waals surface area contributed by atoms with E-state index in [4.69, 9.17) is 9.47 Å². The molecule has 2 saturated carbocycles. The maximum absolute atomic E-state index is 13.4. The summed E-state index contributed by atoms with van der Waals surface area (Å²) in [5, 5.41) is 0. The molecule has 0 aromatic heterocycles. The smallest absolute Gasteiger partial charge is 0.194 e. The number of benzene rings is 1. The maximum Gasteiger partial charge on any atom is 0.194 e.